The Kier molecular flexibility index (Phi) is 2.63. The number of anilines is 1. The molecule has 2 N–H and O–H groups in total. The SMILES string of the molecule is Cc1ccc(NC(=O)[C@@H]2[C@H]3C[C@H]4[C@H](OC(=O)[C@@H]42)[C@H]3O)cc1. The van der Waals surface area contributed by atoms with Crippen molar-refractivity contribution in [2.24, 2.45) is 23.7 Å². The molecule has 0 aromatic heterocycles. The molecule has 0 radical (unpaired) electrons. The number of amides is 1. The normalized spacial score (nSPS) is 39.4. The van der Waals surface area contributed by atoms with Crippen LogP contribution in [0.2, 0.25) is 0 Å². The first-order valence-corrected chi connectivity index (χ1v) is 7.32. The maximum absolute atomic E-state index is 12.5. The Hall–Kier alpha value is -1.88. The molecule has 110 valence electrons. The number of aryl methyl sites for hydroxylation is 1. The van der Waals surface area contributed by atoms with Gasteiger partial charge in [-0.15, -0.1) is 0 Å². The fraction of sp³-hybridized carbons (Fsp3) is 0.500. The zero-order valence-electron chi connectivity index (χ0n) is 11.7. The predicted molar refractivity (Wildman–Crippen MR) is 74.3 cm³/mol. The van der Waals surface area contributed by atoms with Gasteiger partial charge in [0, 0.05) is 17.5 Å². The van der Waals surface area contributed by atoms with E-state index in [-0.39, 0.29) is 29.6 Å². The second-order valence-corrected chi connectivity index (χ2v) is 6.36. The van der Waals surface area contributed by atoms with E-state index in [2.05, 4.69) is 5.32 Å². The maximum Gasteiger partial charge on any atom is 0.310 e. The molecule has 2 bridgehead atoms. The number of nitrogens with one attached hydrogen (secondary N) is 1. The van der Waals surface area contributed by atoms with Crippen LogP contribution in [0.4, 0.5) is 5.69 Å². The number of aliphatic hydroxyl groups excluding tert-OH is 1. The third-order valence-corrected chi connectivity index (χ3v) is 5.20. The van der Waals surface area contributed by atoms with Gasteiger partial charge in [0.15, 0.2) is 0 Å². The van der Waals surface area contributed by atoms with E-state index in [1.807, 2.05) is 31.2 Å². The van der Waals surface area contributed by atoms with Crippen molar-refractivity contribution >= 4 is 17.6 Å². The third-order valence-electron chi connectivity index (χ3n) is 5.20. The van der Waals surface area contributed by atoms with Crippen molar-refractivity contribution in [2.45, 2.75) is 25.6 Å². The summed E-state index contributed by atoms with van der Waals surface area (Å²) in [4.78, 5) is 24.5. The molecule has 0 unspecified atom stereocenters. The molecule has 6 atom stereocenters. The Balaban J connectivity index is 1.57. The summed E-state index contributed by atoms with van der Waals surface area (Å²) >= 11 is 0. The number of fused-ring (bicyclic) bond motifs is 1. The summed E-state index contributed by atoms with van der Waals surface area (Å²) in [5.41, 5.74) is 1.83. The summed E-state index contributed by atoms with van der Waals surface area (Å²) in [6.45, 7) is 1.98. The molecule has 2 saturated carbocycles. The van der Waals surface area contributed by atoms with Crippen LogP contribution in [0.3, 0.4) is 0 Å². The number of carbonyl (C=O) groups is 2. The van der Waals surface area contributed by atoms with Gasteiger partial charge >= 0.3 is 5.97 Å². The Labute approximate surface area is 122 Å². The van der Waals surface area contributed by atoms with Gasteiger partial charge in [-0.25, -0.2) is 0 Å². The van der Waals surface area contributed by atoms with Gasteiger partial charge in [0.2, 0.25) is 5.91 Å². The van der Waals surface area contributed by atoms with Crippen LogP contribution in [-0.4, -0.2) is 29.2 Å². The molecule has 1 amide bonds. The lowest BCUT2D eigenvalue weighted by molar-refractivity contribution is -0.146. The topological polar surface area (TPSA) is 75.6 Å². The molecule has 21 heavy (non-hydrogen) atoms. The summed E-state index contributed by atoms with van der Waals surface area (Å²) in [5, 5.41) is 13.1. The van der Waals surface area contributed by atoms with E-state index >= 15 is 0 Å². The van der Waals surface area contributed by atoms with E-state index in [1.54, 1.807) is 0 Å². The van der Waals surface area contributed by atoms with E-state index in [9.17, 15) is 14.7 Å². The Bertz CT molecular complexity index is 611. The van der Waals surface area contributed by atoms with Crippen molar-refractivity contribution in [3.63, 3.8) is 0 Å². The molecular formula is C16H17NO4. The van der Waals surface area contributed by atoms with E-state index in [1.165, 1.54) is 0 Å². The highest BCUT2D eigenvalue weighted by molar-refractivity contribution is 5.97. The molecule has 5 heteroatoms. The first kappa shape index (κ1) is 12.8. The van der Waals surface area contributed by atoms with Crippen molar-refractivity contribution in [1.82, 2.24) is 0 Å². The Morgan fingerprint density at radius 3 is 2.71 bits per heavy atom. The second-order valence-electron chi connectivity index (χ2n) is 6.36. The molecule has 1 aromatic rings. The first-order valence-electron chi connectivity index (χ1n) is 7.32. The largest absolute Gasteiger partial charge is 0.459 e. The van der Waals surface area contributed by atoms with Gasteiger partial charge < -0.3 is 15.2 Å². The molecule has 3 aliphatic rings. The van der Waals surface area contributed by atoms with E-state index in [0.29, 0.717) is 12.1 Å². The second kappa shape index (κ2) is 4.31. The van der Waals surface area contributed by atoms with Crippen molar-refractivity contribution < 1.29 is 19.4 Å². The quantitative estimate of drug-likeness (QED) is 0.799. The van der Waals surface area contributed by atoms with Crippen LogP contribution in [0, 0.1) is 30.6 Å². The van der Waals surface area contributed by atoms with Gasteiger partial charge in [0.1, 0.15) is 6.10 Å². The lowest BCUT2D eigenvalue weighted by atomic mass is 9.78. The van der Waals surface area contributed by atoms with Crippen LogP contribution in [0.25, 0.3) is 0 Å². The molecule has 1 saturated heterocycles. The van der Waals surface area contributed by atoms with Crippen molar-refractivity contribution in [2.75, 3.05) is 5.32 Å². The van der Waals surface area contributed by atoms with Crippen LogP contribution in [0.15, 0.2) is 24.3 Å². The average molecular weight is 287 g/mol. The third kappa shape index (κ3) is 1.73. The highest BCUT2D eigenvalue weighted by Gasteiger charge is 2.68. The summed E-state index contributed by atoms with van der Waals surface area (Å²) < 4.78 is 5.23. The minimum Gasteiger partial charge on any atom is -0.459 e. The zero-order valence-corrected chi connectivity index (χ0v) is 11.7. The van der Waals surface area contributed by atoms with Crippen LogP contribution in [0.1, 0.15) is 12.0 Å². The van der Waals surface area contributed by atoms with Crippen LogP contribution >= 0.6 is 0 Å². The van der Waals surface area contributed by atoms with E-state index in [0.717, 1.165) is 5.56 Å². The molecule has 1 aromatic carbocycles. The number of aliphatic hydroxyl groups is 1. The summed E-state index contributed by atoms with van der Waals surface area (Å²) in [5.74, 6) is -1.53. The van der Waals surface area contributed by atoms with Crippen molar-refractivity contribution in [3.05, 3.63) is 29.8 Å². The molecule has 3 fully saturated rings. The molecule has 0 spiro atoms. The lowest BCUT2D eigenvalue weighted by Gasteiger charge is -2.27. The number of esters is 1. The van der Waals surface area contributed by atoms with E-state index in [4.69, 9.17) is 4.74 Å². The number of hydrogen-bond donors (Lipinski definition) is 2. The monoisotopic (exact) mass is 287 g/mol. The molecule has 2 aliphatic carbocycles. The number of ether oxygens (including phenoxy) is 1. The minimum atomic E-state index is -0.702. The molecular weight excluding hydrogens is 270 g/mol. The van der Waals surface area contributed by atoms with Gasteiger partial charge in [-0.3, -0.25) is 9.59 Å². The van der Waals surface area contributed by atoms with E-state index < -0.39 is 18.1 Å². The zero-order chi connectivity index (χ0) is 14.7. The predicted octanol–water partition coefficient (Wildman–Crippen LogP) is 1.10. The van der Waals surface area contributed by atoms with Crippen LogP contribution in [0.5, 0.6) is 0 Å². The summed E-state index contributed by atoms with van der Waals surface area (Å²) in [6.07, 6.45) is -0.392. The summed E-state index contributed by atoms with van der Waals surface area (Å²) in [7, 11) is 0. The van der Waals surface area contributed by atoms with Crippen molar-refractivity contribution in [3.8, 4) is 0 Å². The fourth-order valence-electron chi connectivity index (χ4n) is 4.24. The fourth-order valence-corrected chi connectivity index (χ4v) is 4.24. The maximum atomic E-state index is 12.5. The molecule has 4 rings (SSSR count). The van der Waals surface area contributed by atoms with Gasteiger partial charge in [-0.05, 0) is 25.5 Å². The van der Waals surface area contributed by atoms with Crippen molar-refractivity contribution in [1.29, 1.82) is 0 Å². The highest BCUT2D eigenvalue weighted by atomic mass is 16.6. The molecule has 5 nitrogen and oxygen atoms in total. The smallest absolute Gasteiger partial charge is 0.310 e. The van der Waals surface area contributed by atoms with Gasteiger partial charge in [0.25, 0.3) is 0 Å². The van der Waals surface area contributed by atoms with Gasteiger partial charge in [-0.1, -0.05) is 17.7 Å². The number of rotatable bonds is 2. The van der Waals surface area contributed by atoms with Crippen LogP contribution < -0.4 is 5.32 Å². The van der Waals surface area contributed by atoms with Gasteiger partial charge in [0.05, 0.1) is 17.9 Å². The number of hydrogen-bond acceptors (Lipinski definition) is 4. The highest BCUT2D eigenvalue weighted by Crippen LogP contribution is 2.57. The van der Waals surface area contributed by atoms with Gasteiger partial charge in [-0.2, -0.15) is 0 Å². The Morgan fingerprint density at radius 2 is 2.00 bits per heavy atom. The molecule has 1 aliphatic heterocycles. The summed E-state index contributed by atoms with van der Waals surface area (Å²) in [6, 6.07) is 7.52. The standard InChI is InChI=1S/C16H17NO4/c1-7-2-4-8(5-3-7)17-15(19)11-9-6-10-12(11)16(20)21-14(10)13(9)18/h2-5,9-14,18H,6H2,1H3,(H,17,19)/t9-,10-,11-,12+,13+,14+/m1/s1. The minimum absolute atomic E-state index is 0.00580. The van der Waals surface area contributed by atoms with Crippen LogP contribution in [-0.2, 0) is 14.3 Å². The first-order chi connectivity index (χ1) is 10.1. The number of benzene rings is 1. The molecule has 1 heterocycles. The average Bonchev–Trinajstić information content (AvgIpc) is 3.05. The number of carbonyl (C=O) groups excluding carboxylic acids is 2. The lowest BCUT2D eigenvalue weighted by Crippen LogP contribution is -2.42. The Morgan fingerprint density at radius 1 is 1.29 bits per heavy atom.